The lowest BCUT2D eigenvalue weighted by Gasteiger charge is -2.09. The molecule has 0 unspecified atom stereocenters. The van der Waals surface area contributed by atoms with Gasteiger partial charge in [0.05, 0.1) is 19.2 Å². The topological polar surface area (TPSA) is 115 Å². The highest BCUT2D eigenvalue weighted by atomic mass is 16.5. The molecule has 1 heterocycles. The van der Waals surface area contributed by atoms with Crippen LogP contribution in [0.4, 0.5) is 0 Å². The van der Waals surface area contributed by atoms with Crippen molar-refractivity contribution in [1.29, 1.82) is 0 Å². The highest BCUT2D eigenvalue weighted by Crippen LogP contribution is 2.29. The molecule has 4 N–H and O–H groups in total. The van der Waals surface area contributed by atoms with Gasteiger partial charge < -0.3 is 20.1 Å². The summed E-state index contributed by atoms with van der Waals surface area (Å²) < 4.78 is 5.29. The summed E-state index contributed by atoms with van der Waals surface area (Å²) in [6.45, 7) is 0.212. The Kier molecular flexibility index (Phi) is 5.32. The summed E-state index contributed by atoms with van der Waals surface area (Å²) in [5.74, 6) is -0.00192. The molecule has 31 heavy (non-hydrogen) atoms. The first kappa shape index (κ1) is 20.0. The number of rotatable bonds is 5. The summed E-state index contributed by atoms with van der Waals surface area (Å²) in [7, 11) is 1.60. The number of methoxy groups -OCH3 is 1. The first-order valence-electron chi connectivity index (χ1n) is 9.50. The summed E-state index contributed by atoms with van der Waals surface area (Å²) >= 11 is 0. The van der Waals surface area contributed by atoms with Crippen LogP contribution in [0.25, 0.3) is 21.9 Å². The number of benzene rings is 3. The number of phenols is 2. The number of aliphatic imine (C=N–C) groups is 1. The number of aromatic nitrogens is 1. The van der Waals surface area contributed by atoms with Gasteiger partial charge in [0.15, 0.2) is 11.5 Å². The summed E-state index contributed by atoms with van der Waals surface area (Å²) in [5, 5.41) is 30.4. The maximum atomic E-state index is 12.3. The van der Waals surface area contributed by atoms with Crippen molar-refractivity contribution in [3.8, 4) is 34.3 Å². The number of aromatic amines is 1. The molecule has 7 heteroatoms. The highest BCUT2D eigenvalue weighted by Gasteiger charge is 2.11. The Morgan fingerprint density at radius 2 is 1.74 bits per heavy atom. The number of fused-ring (bicyclic) bond motifs is 1. The predicted molar refractivity (Wildman–Crippen MR) is 119 cm³/mol. The van der Waals surface area contributed by atoms with Crippen LogP contribution in [0, 0.1) is 0 Å². The smallest absolute Gasteiger partial charge is 0.258 e. The Morgan fingerprint density at radius 3 is 2.52 bits per heavy atom. The number of H-pyrrole nitrogens is 1. The van der Waals surface area contributed by atoms with Crippen LogP contribution in [-0.2, 0) is 6.54 Å². The molecule has 0 radical (unpaired) electrons. The van der Waals surface area contributed by atoms with E-state index in [0.717, 1.165) is 11.1 Å². The number of pyridine rings is 1. The molecule has 3 aromatic carbocycles. The molecule has 0 fully saturated rings. The van der Waals surface area contributed by atoms with Gasteiger partial charge in [0, 0.05) is 17.0 Å². The lowest BCUT2D eigenvalue weighted by Crippen LogP contribution is -2.08. The van der Waals surface area contributed by atoms with Gasteiger partial charge in [-0.25, -0.2) is 0 Å². The average molecular weight is 416 g/mol. The molecule has 0 spiro atoms. The summed E-state index contributed by atoms with van der Waals surface area (Å²) in [4.78, 5) is 19.1. The van der Waals surface area contributed by atoms with Crippen LogP contribution in [0.1, 0.15) is 11.1 Å². The molecule has 4 rings (SSSR count). The van der Waals surface area contributed by atoms with Gasteiger partial charge in [0.1, 0.15) is 5.75 Å². The molecule has 0 amide bonds. The number of ether oxygens (including phenoxy) is 1. The third kappa shape index (κ3) is 4.06. The summed E-state index contributed by atoms with van der Waals surface area (Å²) in [6.07, 6.45) is 1.48. The van der Waals surface area contributed by atoms with E-state index in [1.54, 1.807) is 19.2 Å². The van der Waals surface area contributed by atoms with Gasteiger partial charge in [-0.2, -0.15) is 0 Å². The van der Waals surface area contributed by atoms with E-state index in [-0.39, 0.29) is 23.9 Å². The summed E-state index contributed by atoms with van der Waals surface area (Å²) in [6, 6.07) is 17.3. The van der Waals surface area contributed by atoms with Crippen molar-refractivity contribution in [3.05, 3.63) is 82.1 Å². The zero-order chi connectivity index (χ0) is 22.0. The van der Waals surface area contributed by atoms with Crippen LogP contribution in [0.5, 0.6) is 23.1 Å². The van der Waals surface area contributed by atoms with Crippen LogP contribution in [0.15, 0.2) is 70.5 Å². The van der Waals surface area contributed by atoms with E-state index in [2.05, 4.69) is 9.98 Å². The van der Waals surface area contributed by atoms with E-state index < -0.39 is 5.56 Å². The minimum atomic E-state index is -0.398. The second-order valence-corrected chi connectivity index (χ2v) is 7.00. The SMILES string of the molecule is COc1cccc(-c2ccc3c(=O)[nH]c(O)c(C=NCc4ccc(O)c(O)c4)c3c2)c1. The maximum absolute atomic E-state index is 12.3. The first-order valence-corrected chi connectivity index (χ1v) is 9.50. The van der Waals surface area contributed by atoms with Gasteiger partial charge in [-0.15, -0.1) is 0 Å². The molecule has 0 saturated heterocycles. The molecule has 4 aromatic rings. The van der Waals surface area contributed by atoms with Crippen molar-refractivity contribution in [2.75, 3.05) is 7.11 Å². The normalized spacial score (nSPS) is 11.3. The second kappa shape index (κ2) is 8.23. The molecule has 0 bridgehead atoms. The number of hydrogen-bond acceptors (Lipinski definition) is 6. The van der Waals surface area contributed by atoms with Crippen LogP contribution < -0.4 is 10.3 Å². The molecule has 0 atom stereocenters. The minimum absolute atomic E-state index is 0.206. The molecule has 7 nitrogen and oxygen atoms in total. The van der Waals surface area contributed by atoms with Gasteiger partial charge in [0.2, 0.25) is 5.88 Å². The molecule has 0 aliphatic heterocycles. The maximum Gasteiger partial charge on any atom is 0.258 e. The van der Waals surface area contributed by atoms with E-state index in [1.165, 1.54) is 18.3 Å². The van der Waals surface area contributed by atoms with Crippen LogP contribution in [0.2, 0.25) is 0 Å². The fraction of sp³-hybridized carbons (Fsp3) is 0.0833. The standard InChI is InChI=1S/C24H20N2O5/c1-31-17-4-2-3-15(10-17)16-6-7-18-19(11-16)20(24(30)26-23(18)29)13-25-12-14-5-8-21(27)22(28)9-14/h2-11,13,27-28H,12H2,1H3,(H2,26,29,30). The van der Waals surface area contributed by atoms with E-state index in [0.29, 0.717) is 27.6 Å². The van der Waals surface area contributed by atoms with Gasteiger partial charge in [0.25, 0.3) is 5.56 Å². The van der Waals surface area contributed by atoms with Gasteiger partial charge in [-0.3, -0.25) is 14.8 Å². The lowest BCUT2D eigenvalue weighted by atomic mass is 9.99. The number of nitrogens with zero attached hydrogens (tertiary/aromatic N) is 1. The Labute approximate surface area is 177 Å². The fourth-order valence-corrected chi connectivity index (χ4v) is 3.36. The van der Waals surface area contributed by atoms with Crippen LogP contribution in [-0.4, -0.2) is 33.6 Å². The molecular formula is C24H20N2O5. The number of phenolic OH excluding ortho intramolecular Hbond substituents is 2. The Morgan fingerprint density at radius 1 is 0.935 bits per heavy atom. The fourth-order valence-electron chi connectivity index (χ4n) is 3.36. The zero-order valence-electron chi connectivity index (χ0n) is 16.7. The van der Waals surface area contributed by atoms with Crippen LogP contribution in [0.3, 0.4) is 0 Å². The lowest BCUT2D eigenvalue weighted by molar-refractivity contribution is 0.403. The van der Waals surface area contributed by atoms with Gasteiger partial charge in [-0.05, 0) is 53.1 Å². The van der Waals surface area contributed by atoms with Crippen molar-refractivity contribution in [2.24, 2.45) is 4.99 Å². The second-order valence-electron chi connectivity index (χ2n) is 7.00. The largest absolute Gasteiger partial charge is 0.504 e. The Hall–Kier alpha value is -4.26. The van der Waals surface area contributed by atoms with E-state index in [4.69, 9.17) is 4.74 Å². The van der Waals surface area contributed by atoms with Crippen LogP contribution >= 0.6 is 0 Å². The number of nitrogens with one attached hydrogen (secondary N) is 1. The van der Waals surface area contributed by atoms with Gasteiger partial charge in [-0.1, -0.05) is 24.3 Å². The first-order chi connectivity index (χ1) is 15.0. The van der Waals surface area contributed by atoms with Crippen molar-refractivity contribution >= 4 is 17.0 Å². The monoisotopic (exact) mass is 416 g/mol. The Balaban J connectivity index is 1.76. The Bertz CT molecular complexity index is 1360. The quantitative estimate of drug-likeness (QED) is 0.291. The predicted octanol–water partition coefficient (Wildman–Crippen LogP) is 3.94. The minimum Gasteiger partial charge on any atom is -0.504 e. The van der Waals surface area contributed by atoms with Crippen molar-refractivity contribution in [3.63, 3.8) is 0 Å². The van der Waals surface area contributed by atoms with E-state index in [9.17, 15) is 20.1 Å². The highest BCUT2D eigenvalue weighted by molar-refractivity contribution is 6.02. The van der Waals surface area contributed by atoms with Crippen molar-refractivity contribution < 1.29 is 20.1 Å². The third-order valence-electron chi connectivity index (χ3n) is 4.98. The molecule has 0 aliphatic rings. The molecular weight excluding hydrogens is 396 g/mol. The van der Waals surface area contributed by atoms with Gasteiger partial charge >= 0.3 is 0 Å². The zero-order valence-corrected chi connectivity index (χ0v) is 16.7. The van der Waals surface area contributed by atoms with E-state index >= 15 is 0 Å². The van der Waals surface area contributed by atoms with Crippen molar-refractivity contribution in [2.45, 2.75) is 6.54 Å². The van der Waals surface area contributed by atoms with E-state index in [1.807, 2.05) is 36.4 Å². The summed E-state index contributed by atoms with van der Waals surface area (Å²) in [5.41, 5.74) is 2.42. The molecule has 0 aliphatic carbocycles. The molecule has 0 saturated carbocycles. The number of aromatic hydroxyl groups is 3. The van der Waals surface area contributed by atoms with Crippen molar-refractivity contribution in [1.82, 2.24) is 4.98 Å². The molecule has 156 valence electrons. The third-order valence-corrected chi connectivity index (χ3v) is 4.98. The average Bonchev–Trinajstić information content (AvgIpc) is 2.78. The molecule has 1 aromatic heterocycles. The number of hydrogen-bond donors (Lipinski definition) is 4.